The van der Waals surface area contributed by atoms with Gasteiger partial charge in [0.1, 0.15) is 0 Å². The largest absolute Gasteiger partial charge is 0.387 e. The molecule has 0 aromatic carbocycles. The van der Waals surface area contributed by atoms with E-state index in [0.717, 1.165) is 45.4 Å². The van der Waals surface area contributed by atoms with Gasteiger partial charge in [0.2, 0.25) is 0 Å². The van der Waals surface area contributed by atoms with Crippen molar-refractivity contribution in [1.82, 2.24) is 15.5 Å². The highest BCUT2D eigenvalue weighted by molar-refractivity contribution is 8.16. The predicted molar refractivity (Wildman–Crippen MR) is 79.2 cm³/mol. The van der Waals surface area contributed by atoms with Gasteiger partial charge in [0, 0.05) is 44.8 Å². The van der Waals surface area contributed by atoms with E-state index >= 15 is 0 Å². The number of amidine groups is 1. The highest BCUT2D eigenvalue weighted by Gasteiger charge is 2.30. The van der Waals surface area contributed by atoms with Gasteiger partial charge in [-0.25, -0.2) is 0 Å². The Morgan fingerprint density at radius 1 is 1.58 bits per heavy atom. The average Bonchev–Trinajstić information content (AvgIpc) is 3.02. The van der Waals surface area contributed by atoms with Crippen LogP contribution in [0.5, 0.6) is 0 Å². The molecule has 0 radical (unpaired) electrons. The van der Waals surface area contributed by atoms with Gasteiger partial charge in [-0.05, 0) is 24.8 Å². The summed E-state index contributed by atoms with van der Waals surface area (Å²) in [4.78, 5) is 6.86. The number of aliphatic hydroxyl groups is 1. The summed E-state index contributed by atoms with van der Waals surface area (Å²) in [6, 6.07) is 0. The first-order valence-corrected chi connectivity index (χ1v) is 7.96. The number of hydrogen-bond donors (Lipinski definition) is 3. The Morgan fingerprint density at radius 2 is 2.53 bits per heavy atom. The Balaban J connectivity index is 1.41. The molecule has 1 unspecified atom stereocenters. The van der Waals surface area contributed by atoms with E-state index in [1.54, 1.807) is 11.8 Å². The third kappa shape index (κ3) is 3.13. The van der Waals surface area contributed by atoms with Crippen molar-refractivity contribution in [3.8, 4) is 0 Å². The van der Waals surface area contributed by atoms with Crippen molar-refractivity contribution >= 4 is 16.9 Å². The Labute approximate surface area is 118 Å². The lowest BCUT2D eigenvalue weighted by Gasteiger charge is -2.26. The van der Waals surface area contributed by atoms with Crippen molar-refractivity contribution in [3.05, 3.63) is 11.1 Å². The molecule has 3 aliphatic rings. The molecule has 0 aromatic heterocycles. The molecule has 1 saturated heterocycles. The molecule has 0 spiro atoms. The molecular weight excluding hydrogens is 260 g/mol. The second-order valence-electron chi connectivity index (χ2n) is 5.47. The molecule has 106 valence electrons. The molecule has 3 aliphatic heterocycles. The summed E-state index contributed by atoms with van der Waals surface area (Å²) in [5, 5.41) is 20.2. The van der Waals surface area contributed by atoms with E-state index < -0.39 is 5.60 Å². The van der Waals surface area contributed by atoms with Crippen LogP contribution in [0.25, 0.3) is 0 Å². The quantitative estimate of drug-likeness (QED) is 0.635. The summed E-state index contributed by atoms with van der Waals surface area (Å²) in [5.41, 5.74) is 0.823. The Morgan fingerprint density at radius 3 is 3.37 bits per heavy atom. The molecule has 0 aromatic rings. The number of nitrogens with one attached hydrogen (secondary N) is 2. The van der Waals surface area contributed by atoms with Crippen molar-refractivity contribution in [1.29, 1.82) is 0 Å². The van der Waals surface area contributed by atoms with Crippen LogP contribution < -0.4 is 10.6 Å². The molecule has 0 bridgehead atoms. The maximum absolute atomic E-state index is 10.2. The Kier molecular flexibility index (Phi) is 4.12. The molecule has 3 heterocycles. The predicted octanol–water partition coefficient (Wildman–Crippen LogP) is 0.340. The summed E-state index contributed by atoms with van der Waals surface area (Å²) >= 11 is 1.74. The maximum Gasteiger partial charge on any atom is 0.167 e. The lowest BCUT2D eigenvalue weighted by Crippen LogP contribution is -2.43. The second-order valence-corrected chi connectivity index (χ2v) is 6.31. The molecule has 19 heavy (non-hydrogen) atoms. The zero-order chi connectivity index (χ0) is 13.1. The fourth-order valence-corrected chi connectivity index (χ4v) is 3.74. The van der Waals surface area contributed by atoms with Gasteiger partial charge < -0.3 is 20.6 Å². The van der Waals surface area contributed by atoms with Crippen molar-refractivity contribution in [3.63, 3.8) is 0 Å². The topological polar surface area (TPSA) is 59.9 Å². The fourth-order valence-electron chi connectivity index (χ4n) is 2.75. The molecular formula is C13H22N4OS. The van der Waals surface area contributed by atoms with Gasteiger partial charge in [-0.15, -0.1) is 0 Å². The second kappa shape index (κ2) is 5.83. The molecule has 0 saturated carbocycles. The molecule has 6 heteroatoms. The number of rotatable bonds is 5. The summed E-state index contributed by atoms with van der Waals surface area (Å²) in [7, 11) is 0. The van der Waals surface area contributed by atoms with Gasteiger partial charge in [-0.2, -0.15) is 0 Å². The van der Waals surface area contributed by atoms with Crippen LogP contribution in [0, 0.1) is 0 Å². The van der Waals surface area contributed by atoms with E-state index in [-0.39, 0.29) is 0 Å². The minimum Gasteiger partial charge on any atom is -0.387 e. The van der Waals surface area contributed by atoms with Crippen LogP contribution in [0.15, 0.2) is 16.1 Å². The first-order chi connectivity index (χ1) is 9.27. The van der Waals surface area contributed by atoms with Crippen LogP contribution in [0.3, 0.4) is 0 Å². The highest BCUT2D eigenvalue weighted by atomic mass is 32.2. The van der Waals surface area contributed by atoms with Crippen molar-refractivity contribution in [2.75, 3.05) is 39.3 Å². The molecule has 5 nitrogen and oxygen atoms in total. The lowest BCUT2D eigenvalue weighted by molar-refractivity contribution is 0.0614. The monoisotopic (exact) mass is 282 g/mol. The van der Waals surface area contributed by atoms with E-state index in [1.807, 2.05) is 0 Å². The van der Waals surface area contributed by atoms with E-state index in [0.29, 0.717) is 13.1 Å². The Bertz CT molecular complexity index is 390. The summed E-state index contributed by atoms with van der Waals surface area (Å²) in [5.74, 6) is 0. The minimum absolute atomic E-state index is 0.545. The Hall–Kier alpha value is -0.560. The minimum atomic E-state index is -0.545. The number of β-amino-alcohol motifs (C(OH)–C–C–N with tert-alkyl or cyclic N) is 1. The van der Waals surface area contributed by atoms with Crippen LogP contribution >= 0.6 is 11.8 Å². The van der Waals surface area contributed by atoms with Gasteiger partial charge >= 0.3 is 0 Å². The standard InChI is InChI=1S/C13H22N4OS/c18-13(3-6-15-10-13)9-14-5-2-11-8-19-12-16-4-1-7-17(11)12/h8,14-15,18H,1-7,9-10H2. The number of nitrogens with zero attached hydrogens (tertiary/aromatic N) is 2. The van der Waals surface area contributed by atoms with Gasteiger partial charge in [0.25, 0.3) is 0 Å². The van der Waals surface area contributed by atoms with Gasteiger partial charge in [0.15, 0.2) is 5.17 Å². The van der Waals surface area contributed by atoms with Crippen LogP contribution in [-0.4, -0.2) is 60.0 Å². The van der Waals surface area contributed by atoms with Crippen LogP contribution in [0.1, 0.15) is 19.3 Å². The van der Waals surface area contributed by atoms with Crippen molar-refractivity contribution < 1.29 is 5.11 Å². The highest BCUT2D eigenvalue weighted by Crippen LogP contribution is 2.30. The van der Waals surface area contributed by atoms with Crippen LogP contribution in [-0.2, 0) is 0 Å². The summed E-state index contributed by atoms with van der Waals surface area (Å²) in [6.45, 7) is 5.30. The summed E-state index contributed by atoms with van der Waals surface area (Å²) in [6.07, 6.45) is 3.01. The molecule has 1 fully saturated rings. The van der Waals surface area contributed by atoms with Gasteiger partial charge in [-0.3, -0.25) is 4.99 Å². The first-order valence-electron chi connectivity index (χ1n) is 7.08. The zero-order valence-corrected chi connectivity index (χ0v) is 12.0. The van der Waals surface area contributed by atoms with E-state index in [2.05, 4.69) is 25.9 Å². The number of hydrogen-bond acceptors (Lipinski definition) is 6. The van der Waals surface area contributed by atoms with Crippen LogP contribution in [0.4, 0.5) is 0 Å². The summed E-state index contributed by atoms with van der Waals surface area (Å²) < 4.78 is 0. The number of thioether (sulfide) groups is 1. The molecule has 1 atom stereocenters. The smallest absolute Gasteiger partial charge is 0.167 e. The maximum atomic E-state index is 10.2. The molecule has 3 N–H and O–H groups in total. The third-order valence-corrected chi connectivity index (χ3v) is 4.85. The van der Waals surface area contributed by atoms with Crippen LogP contribution in [0.2, 0.25) is 0 Å². The third-order valence-electron chi connectivity index (χ3n) is 3.90. The van der Waals surface area contributed by atoms with E-state index in [9.17, 15) is 5.11 Å². The van der Waals surface area contributed by atoms with Crippen molar-refractivity contribution in [2.45, 2.75) is 24.9 Å². The molecule has 0 aliphatic carbocycles. The van der Waals surface area contributed by atoms with Gasteiger partial charge in [0.05, 0.1) is 5.60 Å². The SMILES string of the molecule is OC1(CNCCC2=CSC3=NCCCN23)CCNC1. The zero-order valence-electron chi connectivity index (χ0n) is 11.2. The number of aliphatic imine (C=N–C) groups is 1. The van der Waals surface area contributed by atoms with E-state index in [1.165, 1.54) is 10.9 Å². The van der Waals surface area contributed by atoms with Crippen molar-refractivity contribution in [2.24, 2.45) is 4.99 Å². The average molecular weight is 282 g/mol. The normalized spacial score (nSPS) is 30.3. The molecule has 3 rings (SSSR count). The fraction of sp³-hybridized carbons (Fsp3) is 0.769. The number of fused-ring (bicyclic) bond motifs is 1. The first kappa shape index (κ1) is 13.4. The van der Waals surface area contributed by atoms with Gasteiger partial charge in [-0.1, -0.05) is 11.8 Å². The molecule has 0 amide bonds. The van der Waals surface area contributed by atoms with E-state index in [4.69, 9.17) is 0 Å². The lowest BCUT2D eigenvalue weighted by atomic mass is 10.0.